The predicted octanol–water partition coefficient (Wildman–Crippen LogP) is 1.97. The Bertz CT molecular complexity index is 388. The van der Waals surface area contributed by atoms with Crippen LogP contribution in [0, 0.1) is 11.8 Å². The van der Waals surface area contributed by atoms with E-state index in [2.05, 4.69) is 19.1 Å². The zero-order valence-corrected chi connectivity index (χ0v) is 8.94. The molecule has 0 radical (unpaired) electrons. The molecule has 0 aromatic heterocycles. The van der Waals surface area contributed by atoms with Gasteiger partial charge in [-0.05, 0) is 18.4 Å². The Morgan fingerprint density at radius 1 is 1.47 bits per heavy atom. The van der Waals surface area contributed by atoms with Crippen molar-refractivity contribution in [2.24, 2.45) is 11.8 Å². The maximum absolute atomic E-state index is 9.33. The van der Waals surface area contributed by atoms with Crippen LogP contribution in [0.4, 0.5) is 0 Å². The van der Waals surface area contributed by atoms with E-state index in [1.54, 1.807) is 0 Å². The van der Waals surface area contributed by atoms with Crippen LogP contribution in [-0.4, -0.2) is 18.3 Å². The van der Waals surface area contributed by atoms with Crippen molar-refractivity contribution in [3.05, 3.63) is 29.8 Å². The molecule has 0 bridgehead atoms. The number of para-hydroxylation sites is 1. The lowest BCUT2D eigenvalue weighted by atomic mass is 9.80. The molecule has 2 heteroatoms. The van der Waals surface area contributed by atoms with Crippen molar-refractivity contribution in [3.8, 4) is 5.75 Å². The minimum Gasteiger partial charge on any atom is -0.493 e. The quantitative estimate of drug-likeness (QED) is 0.757. The summed E-state index contributed by atoms with van der Waals surface area (Å²) in [6.45, 7) is 3.32. The maximum atomic E-state index is 9.33. The minimum atomic E-state index is 0.212. The number of aliphatic hydroxyl groups is 1. The van der Waals surface area contributed by atoms with Crippen LogP contribution in [0.5, 0.6) is 5.75 Å². The molecule has 1 saturated carbocycles. The molecule has 1 fully saturated rings. The highest BCUT2D eigenvalue weighted by Gasteiger charge is 2.60. The summed E-state index contributed by atoms with van der Waals surface area (Å²) in [4.78, 5) is 0. The average molecular weight is 204 g/mol. The Morgan fingerprint density at radius 3 is 3.00 bits per heavy atom. The molecule has 2 nitrogen and oxygen atoms in total. The third kappa shape index (κ3) is 1.08. The van der Waals surface area contributed by atoms with Crippen molar-refractivity contribution in [1.29, 1.82) is 0 Å². The normalized spacial score (nSPS) is 37.2. The summed E-state index contributed by atoms with van der Waals surface area (Å²) >= 11 is 0. The molecule has 1 N–H and O–H groups in total. The van der Waals surface area contributed by atoms with Gasteiger partial charge in [-0.15, -0.1) is 0 Å². The van der Waals surface area contributed by atoms with Crippen LogP contribution in [0.15, 0.2) is 24.3 Å². The Morgan fingerprint density at radius 2 is 2.27 bits per heavy atom. The van der Waals surface area contributed by atoms with E-state index in [-0.39, 0.29) is 5.41 Å². The Kier molecular flexibility index (Phi) is 1.84. The Labute approximate surface area is 89.9 Å². The van der Waals surface area contributed by atoms with E-state index < -0.39 is 0 Å². The van der Waals surface area contributed by atoms with Crippen LogP contribution < -0.4 is 4.74 Å². The standard InChI is InChI=1S/C13H16O2/c1-9-8-15-12-5-3-2-4-11(12)13(9)6-10(13)7-14/h2-5,9-10,14H,6-8H2,1H3. The predicted molar refractivity (Wildman–Crippen MR) is 58.0 cm³/mol. The van der Waals surface area contributed by atoms with Crippen LogP contribution in [0.2, 0.25) is 0 Å². The lowest BCUT2D eigenvalue weighted by Crippen LogP contribution is -2.31. The lowest BCUT2D eigenvalue weighted by molar-refractivity contribution is 0.171. The summed E-state index contributed by atoms with van der Waals surface area (Å²) in [5.41, 5.74) is 1.52. The van der Waals surface area contributed by atoms with E-state index in [1.165, 1.54) is 5.56 Å². The second kappa shape index (κ2) is 2.99. The van der Waals surface area contributed by atoms with Crippen molar-refractivity contribution in [3.63, 3.8) is 0 Å². The van der Waals surface area contributed by atoms with Gasteiger partial charge in [0.2, 0.25) is 0 Å². The lowest BCUT2D eigenvalue weighted by Gasteiger charge is -2.32. The van der Waals surface area contributed by atoms with Crippen molar-refractivity contribution in [2.75, 3.05) is 13.2 Å². The number of fused-ring (bicyclic) bond motifs is 2. The maximum Gasteiger partial charge on any atom is 0.123 e. The SMILES string of the molecule is CC1COc2ccccc2C12CC2CO. The fourth-order valence-corrected chi connectivity index (χ4v) is 3.12. The Balaban J connectivity index is 2.08. The van der Waals surface area contributed by atoms with Gasteiger partial charge in [0.1, 0.15) is 5.75 Å². The molecule has 0 amide bonds. The average Bonchev–Trinajstić information content (AvgIpc) is 3.00. The van der Waals surface area contributed by atoms with E-state index in [0.29, 0.717) is 18.4 Å². The molecule has 3 rings (SSSR count). The van der Waals surface area contributed by atoms with Gasteiger partial charge in [-0.3, -0.25) is 0 Å². The highest BCUT2D eigenvalue weighted by atomic mass is 16.5. The fraction of sp³-hybridized carbons (Fsp3) is 0.538. The number of aliphatic hydroxyl groups excluding tert-OH is 1. The second-order valence-corrected chi connectivity index (χ2v) is 4.83. The van der Waals surface area contributed by atoms with E-state index in [1.807, 2.05) is 12.1 Å². The highest BCUT2D eigenvalue weighted by molar-refractivity contribution is 5.47. The van der Waals surface area contributed by atoms with Crippen LogP contribution in [0.1, 0.15) is 18.9 Å². The topological polar surface area (TPSA) is 29.5 Å². The molecule has 2 aliphatic rings. The number of ether oxygens (including phenoxy) is 1. The largest absolute Gasteiger partial charge is 0.493 e. The van der Waals surface area contributed by atoms with Gasteiger partial charge >= 0.3 is 0 Å². The number of benzene rings is 1. The first-order valence-electron chi connectivity index (χ1n) is 5.62. The first-order chi connectivity index (χ1) is 7.29. The summed E-state index contributed by atoms with van der Waals surface area (Å²) < 4.78 is 5.72. The zero-order chi connectivity index (χ0) is 10.5. The van der Waals surface area contributed by atoms with E-state index in [9.17, 15) is 5.11 Å². The molecule has 15 heavy (non-hydrogen) atoms. The molecular weight excluding hydrogens is 188 g/mol. The summed E-state index contributed by atoms with van der Waals surface area (Å²) in [6, 6.07) is 8.27. The fourth-order valence-electron chi connectivity index (χ4n) is 3.12. The molecule has 1 aromatic rings. The highest BCUT2D eigenvalue weighted by Crippen LogP contribution is 2.62. The first-order valence-corrected chi connectivity index (χ1v) is 5.62. The van der Waals surface area contributed by atoms with Crippen LogP contribution in [0.3, 0.4) is 0 Å². The molecule has 1 aliphatic heterocycles. The van der Waals surface area contributed by atoms with Crippen LogP contribution in [-0.2, 0) is 5.41 Å². The van der Waals surface area contributed by atoms with Gasteiger partial charge in [0, 0.05) is 23.5 Å². The van der Waals surface area contributed by atoms with Gasteiger partial charge in [0.15, 0.2) is 0 Å². The molecule has 1 heterocycles. The number of rotatable bonds is 1. The summed E-state index contributed by atoms with van der Waals surface area (Å²) in [5, 5.41) is 9.33. The molecule has 3 unspecified atom stereocenters. The van der Waals surface area contributed by atoms with E-state index in [4.69, 9.17) is 4.74 Å². The summed E-state index contributed by atoms with van der Waals surface area (Å²) in [7, 11) is 0. The molecule has 1 aromatic carbocycles. The van der Waals surface area contributed by atoms with Crippen LogP contribution >= 0.6 is 0 Å². The number of hydrogen-bond donors (Lipinski definition) is 1. The Hall–Kier alpha value is -1.02. The smallest absolute Gasteiger partial charge is 0.123 e. The monoisotopic (exact) mass is 204 g/mol. The summed E-state index contributed by atoms with van der Waals surface area (Å²) in [5.74, 6) is 1.98. The molecule has 3 atom stereocenters. The van der Waals surface area contributed by atoms with E-state index in [0.717, 1.165) is 18.8 Å². The van der Waals surface area contributed by atoms with Crippen molar-refractivity contribution in [2.45, 2.75) is 18.8 Å². The van der Waals surface area contributed by atoms with Crippen LogP contribution in [0.25, 0.3) is 0 Å². The number of hydrogen-bond acceptors (Lipinski definition) is 2. The third-order valence-corrected chi connectivity index (χ3v) is 4.13. The molecular formula is C13H16O2. The summed E-state index contributed by atoms with van der Waals surface area (Å²) in [6.07, 6.45) is 1.12. The van der Waals surface area contributed by atoms with Crippen molar-refractivity contribution >= 4 is 0 Å². The van der Waals surface area contributed by atoms with E-state index >= 15 is 0 Å². The van der Waals surface area contributed by atoms with Crippen molar-refractivity contribution in [1.82, 2.24) is 0 Å². The molecule has 1 spiro atoms. The second-order valence-electron chi connectivity index (χ2n) is 4.83. The molecule has 0 saturated heterocycles. The van der Waals surface area contributed by atoms with Gasteiger partial charge < -0.3 is 9.84 Å². The minimum absolute atomic E-state index is 0.212. The molecule has 1 aliphatic carbocycles. The van der Waals surface area contributed by atoms with Gasteiger partial charge in [-0.1, -0.05) is 25.1 Å². The van der Waals surface area contributed by atoms with Gasteiger partial charge in [0.05, 0.1) is 6.61 Å². The van der Waals surface area contributed by atoms with Gasteiger partial charge in [-0.2, -0.15) is 0 Å². The third-order valence-electron chi connectivity index (χ3n) is 4.13. The van der Waals surface area contributed by atoms with Gasteiger partial charge in [0.25, 0.3) is 0 Å². The first kappa shape index (κ1) is 9.22. The van der Waals surface area contributed by atoms with Gasteiger partial charge in [-0.25, -0.2) is 0 Å². The molecule has 80 valence electrons. The van der Waals surface area contributed by atoms with Crippen molar-refractivity contribution < 1.29 is 9.84 Å². The zero-order valence-electron chi connectivity index (χ0n) is 8.94.